The van der Waals surface area contributed by atoms with Crippen LogP contribution < -0.4 is 5.32 Å². The minimum absolute atomic E-state index is 0.000560. The molecule has 0 unspecified atom stereocenters. The van der Waals surface area contributed by atoms with Crippen LogP contribution in [0, 0.1) is 6.92 Å². The molecule has 3 heterocycles. The SMILES string of the molecule is Cc1ncccc1C(=O)Nc1cnc(-n2c(C(F)(F)F)nc3cc(C(=O)O)ccc32)cn1. The molecule has 2 N–H and O–H groups in total. The average molecular weight is 442 g/mol. The van der Waals surface area contributed by atoms with Crippen molar-refractivity contribution < 1.29 is 27.9 Å². The molecule has 4 rings (SSSR count). The molecular weight excluding hydrogens is 429 g/mol. The number of carboxylic acids is 1. The second-order valence-corrected chi connectivity index (χ2v) is 6.63. The molecule has 162 valence electrons. The monoisotopic (exact) mass is 442 g/mol. The lowest BCUT2D eigenvalue weighted by atomic mass is 10.2. The van der Waals surface area contributed by atoms with Gasteiger partial charge in [-0.15, -0.1) is 0 Å². The van der Waals surface area contributed by atoms with Gasteiger partial charge in [0, 0.05) is 11.9 Å². The van der Waals surface area contributed by atoms with E-state index in [0.29, 0.717) is 11.3 Å². The first-order chi connectivity index (χ1) is 15.1. The van der Waals surface area contributed by atoms with Gasteiger partial charge < -0.3 is 10.4 Å². The normalized spacial score (nSPS) is 11.5. The number of fused-ring (bicyclic) bond motifs is 1. The van der Waals surface area contributed by atoms with Crippen LogP contribution in [0.2, 0.25) is 0 Å². The van der Waals surface area contributed by atoms with Crippen molar-refractivity contribution in [1.82, 2.24) is 24.5 Å². The first-order valence-electron chi connectivity index (χ1n) is 9.03. The molecule has 0 aliphatic carbocycles. The minimum Gasteiger partial charge on any atom is -0.478 e. The number of nitrogens with one attached hydrogen (secondary N) is 1. The highest BCUT2D eigenvalue weighted by Crippen LogP contribution is 2.33. The molecule has 3 aromatic heterocycles. The summed E-state index contributed by atoms with van der Waals surface area (Å²) in [5, 5.41) is 11.6. The van der Waals surface area contributed by atoms with Gasteiger partial charge in [-0.25, -0.2) is 19.7 Å². The van der Waals surface area contributed by atoms with E-state index in [-0.39, 0.29) is 28.2 Å². The van der Waals surface area contributed by atoms with E-state index in [1.54, 1.807) is 19.1 Å². The second-order valence-electron chi connectivity index (χ2n) is 6.63. The molecule has 12 heteroatoms. The zero-order chi connectivity index (χ0) is 23.0. The van der Waals surface area contributed by atoms with Crippen LogP contribution in [0.3, 0.4) is 0 Å². The number of hydrogen-bond donors (Lipinski definition) is 2. The Morgan fingerprint density at radius 2 is 1.88 bits per heavy atom. The summed E-state index contributed by atoms with van der Waals surface area (Å²) in [6, 6.07) is 6.58. The third-order valence-electron chi connectivity index (χ3n) is 4.52. The number of aromatic carboxylic acids is 1. The number of halogens is 3. The van der Waals surface area contributed by atoms with E-state index in [0.717, 1.165) is 23.0 Å². The molecule has 1 aromatic carbocycles. The van der Waals surface area contributed by atoms with Crippen LogP contribution in [-0.2, 0) is 6.18 Å². The predicted molar refractivity (Wildman–Crippen MR) is 106 cm³/mol. The van der Waals surface area contributed by atoms with E-state index < -0.39 is 23.9 Å². The van der Waals surface area contributed by atoms with Crippen molar-refractivity contribution in [3.8, 4) is 5.82 Å². The van der Waals surface area contributed by atoms with Crippen LogP contribution in [-0.4, -0.2) is 41.5 Å². The van der Waals surface area contributed by atoms with Gasteiger partial charge in [-0.05, 0) is 37.3 Å². The van der Waals surface area contributed by atoms with Crippen LogP contribution in [0.25, 0.3) is 16.9 Å². The first-order valence-corrected chi connectivity index (χ1v) is 9.03. The number of amides is 1. The maximum Gasteiger partial charge on any atom is 0.450 e. The van der Waals surface area contributed by atoms with Gasteiger partial charge in [0.1, 0.15) is 0 Å². The third kappa shape index (κ3) is 3.85. The molecule has 0 saturated carbocycles. The Morgan fingerprint density at radius 1 is 1.09 bits per heavy atom. The number of aryl methyl sites for hydroxylation is 1. The molecule has 0 radical (unpaired) electrons. The number of alkyl halides is 3. The van der Waals surface area contributed by atoms with E-state index in [1.165, 1.54) is 18.3 Å². The number of pyridine rings is 1. The predicted octanol–water partition coefficient (Wildman–Crippen LogP) is 3.49. The highest BCUT2D eigenvalue weighted by Gasteiger charge is 2.38. The Kier molecular flexibility index (Phi) is 5.04. The van der Waals surface area contributed by atoms with E-state index in [1.807, 2.05) is 0 Å². The number of anilines is 1. The van der Waals surface area contributed by atoms with Crippen LogP contribution in [0.1, 0.15) is 32.2 Å². The van der Waals surface area contributed by atoms with E-state index in [4.69, 9.17) is 5.11 Å². The number of aromatic nitrogens is 5. The van der Waals surface area contributed by atoms with Crippen molar-refractivity contribution in [2.24, 2.45) is 0 Å². The number of rotatable bonds is 4. The quantitative estimate of drug-likeness (QED) is 0.496. The summed E-state index contributed by atoms with van der Waals surface area (Å²) in [5.74, 6) is -3.26. The van der Waals surface area contributed by atoms with E-state index >= 15 is 0 Å². The fourth-order valence-electron chi connectivity index (χ4n) is 3.04. The van der Waals surface area contributed by atoms with E-state index in [9.17, 15) is 22.8 Å². The standard InChI is InChI=1S/C20H13F3N6O3/c1-10-12(3-2-6-24-10)17(30)28-15-8-26-16(9-25-15)29-14-5-4-11(18(31)32)7-13(14)27-19(29)20(21,22)23/h2-9H,1H3,(H,31,32)(H,25,28,30). The van der Waals surface area contributed by atoms with Gasteiger partial charge in [-0.2, -0.15) is 13.2 Å². The highest BCUT2D eigenvalue weighted by atomic mass is 19.4. The Balaban J connectivity index is 1.72. The summed E-state index contributed by atoms with van der Waals surface area (Å²) in [6.45, 7) is 1.66. The number of carboxylic acid groups (broad SMARTS) is 1. The summed E-state index contributed by atoms with van der Waals surface area (Å²) in [5.41, 5.74) is 0.441. The number of benzene rings is 1. The molecule has 32 heavy (non-hydrogen) atoms. The summed E-state index contributed by atoms with van der Waals surface area (Å²) in [4.78, 5) is 39.0. The number of hydrogen-bond acceptors (Lipinski definition) is 6. The molecule has 0 saturated heterocycles. The molecule has 0 spiro atoms. The maximum absolute atomic E-state index is 13.6. The third-order valence-corrected chi connectivity index (χ3v) is 4.52. The lowest BCUT2D eigenvalue weighted by Crippen LogP contribution is -2.17. The van der Waals surface area contributed by atoms with Crippen molar-refractivity contribution >= 4 is 28.7 Å². The molecule has 0 aliphatic heterocycles. The summed E-state index contributed by atoms with van der Waals surface area (Å²) in [7, 11) is 0. The summed E-state index contributed by atoms with van der Waals surface area (Å²) < 4.78 is 41.5. The van der Waals surface area contributed by atoms with Crippen molar-refractivity contribution in [2.45, 2.75) is 13.1 Å². The lowest BCUT2D eigenvalue weighted by Gasteiger charge is -2.11. The highest BCUT2D eigenvalue weighted by molar-refractivity contribution is 6.04. The summed E-state index contributed by atoms with van der Waals surface area (Å²) >= 11 is 0. The molecule has 0 aliphatic rings. The first kappa shape index (κ1) is 20.9. The van der Waals surface area contributed by atoms with Crippen molar-refractivity contribution in [1.29, 1.82) is 0 Å². The van der Waals surface area contributed by atoms with Gasteiger partial charge in [0.05, 0.1) is 34.6 Å². The van der Waals surface area contributed by atoms with Crippen LogP contribution >= 0.6 is 0 Å². The zero-order valence-corrected chi connectivity index (χ0v) is 16.3. The Labute approximate surface area is 177 Å². The number of carbonyl (C=O) groups excluding carboxylic acids is 1. The minimum atomic E-state index is -4.84. The number of imidazole rings is 1. The van der Waals surface area contributed by atoms with Crippen LogP contribution in [0.15, 0.2) is 48.9 Å². The molecular formula is C20H13F3N6O3. The van der Waals surface area contributed by atoms with Gasteiger partial charge in [0.2, 0.25) is 5.82 Å². The van der Waals surface area contributed by atoms with Crippen molar-refractivity contribution in [3.63, 3.8) is 0 Å². The average Bonchev–Trinajstić information content (AvgIpc) is 3.14. The van der Waals surface area contributed by atoms with Crippen molar-refractivity contribution in [3.05, 3.63) is 71.6 Å². The fraction of sp³-hybridized carbons (Fsp3) is 0.100. The molecule has 0 bridgehead atoms. The van der Waals surface area contributed by atoms with Gasteiger partial charge in [-0.1, -0.05) is 0 Å². The topological polar surface area (TPSA) is 123 Å². The Hall–Kier alpha value is -4.35. The summed E-state index contributed by atoms with van der Waals surface area (Å²) in [6.07, 6.45) is -1.15. The smallest absolute Gasteiger partial charge is 0.450 e. The zero-order valence-electron chi connectivity index (χ0n) is 16.3. The van der Waals surface area contributed by atoms with Crippen LogP contribution in [0.5, 0.6) is 0 Å². The molecule has 1 amide bonds. The fourth-order valence-corrected chi connectivity index (χ4v) is 3.04. The molecule has 4 aromatic rings. The maximum atomic E-state index is 13.6. The Bertz CT molecular complexity index is 1350. The molecule has 0 fully saturated rings. The lowest BCUT2D eigenvalue weighted by molar-refractivity contribution is -0.145. The van der Waals surface area contributed by atoms with Gasteiger partial charge in [0.15, 0.2) is 11.6 Å². The number of nitrogens with zero attached hydrogens (tertiary/aromatic N) is 5. The second kappa shape index (κ2) is 7.72. The Morgan fingerprint density at radius 3 is 2.50 bits per heavy atom. The largest absolute Gasteiger partial charge is 0.478 e. The molecule has 9 nitrogen and oxygen atoms in total. The van der Waals surface area contributed by atoms with Crippen LogP contribution in [0.4, 0.5) is 19.0 Å². The van der Waals surface area contributed by atoms with Gasteiger partial charge >= 0.3 is 12.1 Å². The number of carbonyl (C=O) groups is 2. The van der Waals surface area contributed by atoms with Gasteiger partial charge in [0.25, 0.3) is 5.91 Å². The van der Waals surface area contributed by atoms with Crippen molar-refractivity contribution in [2.75, 3.05) is 5.32 Å². The molecule has 0 atom stereocenters. The van der Waals surface area contributed by atoms with Gasteiger partial charge in [-0.3, -0.25) is 14.3 Å². The van der Waals surface area contributed by atoms with E-state index in [2.05, 4.69) is 25.3 Å².